The van der Waals surface area contributed by atoms with Gasteiger partial charge >= 0.3 is 0 Å². The van der Waals surface area contributed by atoms with Crippen LogP contribution in [0, 0.1) is 0 Å². The fourth-order valence-electron chi connectivity index (χ4n) is 2.50. The molecule has 0 aliphatic carbocycles. The van der Waals surface area contributed by atoms with Crippen LogP contribution in [-0.2, 0) is 21.4 Å². The third kappa shape index (κ3) is 5.69. The molecular weight excluding hydrogens is 388 g/mol. The fourth-order valence-corrected chi connectivity index (χ4v) is 4.23. The minimum absolute atomic E-state index is 0.00146. The van der Waals surface area contributed by atoms with Gasteiger partial charge in [-0.25, -0.2) is 8.42 Å². The topological polar surface area (TPSA) is 75.7 Å². The number of methoxy groups -OCH3 is 1. The van der Waals surface area contributed by atoms with Crippen molar-refractivity contribution in [3.63, 3.8) is 0 Å². The van der Waals surface area contributed by atoms with Crippen molar-refractivity contribution in [2.24, 2.45) is 0 Å². The third-order valence-electron chi connectivity index (χ3n) is 3.73. The van der Waals surface area contributed by atoms with Gasteiger partial charge < -0.3 is 10.1 Å². The first-order valence-corrected chi connectivity index (χ1v) is 10.2. The average molecular weight is 411 g/mol. The molecule has 1 N–H and O–H groups in total. The van der Waals surface area contributed by atoms with Crippen molar-refractivity contribution < 1.29 is 17.9 Å². The monoisotopic (exact) mass is 410 g/mol. The lowest BCUT2D eigenvalue weighted by Crippen LogP contribution is -2.42. The van der Waals surface area contributed by atoms with Gasteiger partial charge in [0.05, 0.1) is 23.6 Å². The Labute approximate surface area is 165 Å². The number of carbonyl (C=O) groups is 1. The van der Waals surface area contributed by atoms with Gasteiger partial charge in [-0.1, -0.05) is 41.9 Å². The summed E-state index contributed by atoms with van der Waals surface area (Å²) < 4.78 is 32.5. The van der Waals surface area contributed by atoms with Crippen LogP contribution in [0.25, 0.3) is 0 Å². The summed E-state index contributed by atoms with van der Waals surface area (Å²) in [7, 11) is -2.49. The van der Waals surface area contributed by atoms with Gasteiger partial charge in [0.15, 0.2) is 0 Å². The lowest BCUT2D eigenvalue weighted by molar-refractivity contribution is -0.121. The Balaban J connectivity index is 2.37. The molecule has 0 radical (unpaired) electrons. The minimum atomic E-state index is -3.95. The van der Waals surface area contributed by atoms with E-state index in [0.717, 1.165) is 9.87 Å². The van der Waals surface area contributed by atoms with E-state index in [9.17, 15) is 13.2 Å². The quantitative estimate of drug-likeness (QED) is 0.725. The Hall–Kier alpha value is -2.09. The lowest BCUT2D eigenvalue weighted by atomic mass is 10.2. The Morgan fingerprint density at radius 2 is 1.85 bits per heavy atom. The first kappa shape index (κ1) is 21.2. The van der Waals surface area contributed by atoms with E-state index in [2.05, 4.69) is 5.32 Å². The molecule has 8 heteroatoms. The van der Waals surface area contributed by atoms with Crippen LogP contribution in [0.15, 0.2) is 53.4 Å². The van der Waals surface area contributed by atoms with Crippen molar-refractivity contribution in [2.75, 3.05) is 13.7 Å². The van der Waals surface area contributed by atoms with Crippen molar-refractivity contribution >= 4 is 27.5 Å². The molecule has 0 atom stereocenters. The van der Waals surface area contributed by atoms with Gasteiger partial charge in [0.2, 0.25) is 15.9 Å². The maximum absolute atomic E-state index is 13.2. The molecule has 2 aromatic rings. The summed E-state index contributed by atoms with van der Waals surface area (Å²) in [6.07, 6.45) is 0. The van der Waals surface area contributed by atoms with Gasteiger partial charge in [0.25, 0.3) is 0 Å². The van der Waals surface area contributed by atoms with Gasteiger partial charge in [-0.15, -0.1) is 0 Å². The number of benzene rings is 2. The predicted octanol–water partition coefficient (Wildman–Crippen LogP) is 3.06. The molecule has 6 nitrogen and oxygen atoms in total. The molecule has 0 saturated carbocycles. The highest BCUT2D eigenvalue weighted by atomic mass is 35.5. The van der Waals surface area contributed by atoms with Crippen molar-refractivity contribution in [1.82, 2.24) is 9.62 Å². The molecule has 0 saturated heterocycles. The van der Waals surface area contributed by atoms with Crippen molar-refractivity contribution in [3.8, 4) is 5.75 Å². The van der Waals surface area contributed by atoms with Gasteiger partial charge in [0, 0.05) is 12.6 Å². The van der Waals surface area contributed by atoms with E-state index in [0.29, 0.717) is 5.75 Å². The minimum Gasteiger partial charge on any atom is -0.495 e. The molecule has 0 aliphatic heterocycles. The van der Waals surface area contributed by atoms with E-state index in [-0.39, 0.29) is 35.0 Å². The summed E-state index contributed by atoms with van der Waals surface area (Å²) in [5.74, 6) is 0.00638. The highest BCUT2D eigenvalue weighted by Crippen LogP contribution is 2.28. The third-order valence-corrected chi connectivity index (χ3v) is 5.82. The molecule has 0 aromatic heterocycles. The lowest BCUT2D eigenvalue weighted by Gasteiger charge is -2.23. The van der Waals surface area contributed by atoms with E-state index in [1.807, 2.05) is 44.2 Å². The van der Waals surface area contributed by atoms with E-state index in [4.69, 9.17) is 16.3 Å². The first-order valence-electron chi connectivity index (χ1n) is 8.41. The van der Waals surface area contributed by atoms with E-state index < -0.39 is 10.0 Å². The van der Waals surface area contributed by atoms with Crippen LogP contribution in [0.3, 0.4) is 0 Å². The summed E-state index contributed by atoms with van der Waals surface area (Å²) in [4.78, 5) is 12.2. The van der Waals surface area contributed by atoms with E-state index >= 15 is 0 Å². The fraction of sp³-hybridized carbons (Fsp3) is 0.316. The number of halogens is 1. The van der Waals surface area contributed by atoms with Crippen LogP contribution in [0.1, 0.15) is 19.4 Å². The Morgan fingerprint density at radius 3 is 2.41 bits per heavy atom. The number of nitrogens with one attached hydrogen (secondary N) is 1. The second-order valence-electron chi connectivity index (χ2n) is 6.28. The van der Waals surface area contributed by atoms with Gasteiger partial charge in [-0.2, -0.15) is 4.31 Å². The Morgan fingerprint density at radius 1 is 1.19 bits per heavy atom. The standard InChI is InChI=1S/C19H23ClN2O4S/c1-14(2)21-19(23)13-22(12-15-7-5-4-6-8-15)27(24,25)16-9-10-18(26-3)17(20)11-16/h4-11,14H,12-13H2,1-3H3,(H,21,23). The molecule has 0 spiro atoms. The zero-order valence-corrected chi connectivity index (χ0v) is 17.0. The zero-order chi connectivity index (χ0) is 20.0. The highest BCUT2D eigenvalue weighted by Gasteiger charge is 2.27. The van der Waals surface area contributed by atoms with Crippen molar-refractivity contribution in [1.29, 1.82) is 0 Å². The summed E-state index contributed by atoms with van der Waals surface area (Å²) in [5, 5.41) is 2.91. The maximum atomic E-state index is 13.2. The number of ether oxygens (including phenoxy) is 1. The number of nitrogens with zero attached hydrogens (tertiary/aromatic N) is 1. The average Bonchev–Trinajstić information content (AvgIpc) is 2.61. The SMILES string of the molecule is COc1ccc(S(=O)(=O)N(CC(=O)NC(C)C)Cc2ccccc2)cc1Cl. The molecule has 0 aliphatic rings. The first-order chi connectivity index (χ1) is 12.7. The normalized spacial score (nSPS) is 11.6. The number of sulfonamides is 1. The van der Waals surface area contributed by atoms with Gasteiger partial charge in [-0.05, 0) is 37.6 Å². The van der Waals surface area contributed by atoms with E-state index in [1.165, 1.54) is 25.3 Å². The summed E-state index contributed by atoms with van der Waals surface area (Å²) in [6, 6.07) is 13.2. The van der Waals surface area contributed by atoms with Crippen molar-refractivity contribution in [2.45, 2.75) is 31.3 Å². The number of hydrogen-bond acceptors (Lipinski definition) is 4. The van der Waals surface area contributed by atoms with Crippen molar-refractivity contribution in [3.05, 3.63) is 59.1 Å². The molecule has 0 unspecified atom stereocenters. The molecule has 1 amide bonds. The molecule has 0 heterocycles. The molecule has 2 aromatic carbocycles. The summed E-state index contributed by atoms with van der Waals surface area (Å²) in [6.45, 7) is 3.41. The van der Waals surface area contributed by atoms with Crippen LogP contribution < -0.4 is 10.1 Å². The summed E-state index contributed by atoms with van der Waals surface area (Å²) >= 11 is 6.09. The molecule has 2 rings (SSSR count). The highest BCUT2D eigenvalue weighted by molar-refractivity contribution is 7.89. The maximum Gasteiger partial charge on any atom is 0.243 e. The van der Waals surface area contributed by atoms with Crippen LogP contribution in [0.2, 0.25) is 5.02 Å². The number of hydrogen-bond donors (Lipinski definition) is 1. The van der Waals surface area contributed by atoms with Crippen LogP contribution >= 0.6 is 11.6 Å². The van der Waals surface area contributed by atoms with Crippen LogP contribution in [-0.4, -0.2) is 38.3 Å². The molecule has 27 heavy (non-hydrogen) atoms. The zero-order valence-electron chi connectivity index (χ0n) is 15.5. The molecule has 0 bridgehead atoms. The van der Waals surface area contributed by atoms with E-state index in [1.54, 1.807) is 0 Å². The predicted molar refractivity (Wildman–Crippen MR) is 105 cm³/mol. The largest absolute Gasteiger partial charge is 0.495 e. The van der Waals surface area contributed by atoms with Crippen LogP contribution in [0.4, 0.5) is 0 Å². The molecule has 146 valence electrons. The Bertz CT molecular complexity index is 886. The molecular formula is C19H23ClN2O4S. The van der Waals surface area contributed by atoms with Gasteiger partial charge in [0.1, 0.15) is 5.75 Å². The smallest absolute Gasteiger partial charge is 0.243 e. The number of carbonyl (C=O) groups excluding carboxylic acids is 1. The number of amides is 1. The van der Waals surface area contributed by atoms with Crippen LogP contribution in [0.5, 0.6) is 5.75 Å². The second kappa shape index (κ2) is 9.21. The molecule has 0 fully saturated rings. The number of rotatable bonds is 8. The Kier molecular flexibility index (Phi) is 7.24. The summed E-state index contributed by atoms with van der Waals surface area (Å²) in [5.41, 5.74) is 0.776. The second-order valence-corrected chi connectivity index (χ2v) is 8.62. The van der Waals surface area contributed by atoms with Gasteiger partial charge in [-0.3, -0.25) is 4.79 Å².